The van der Waals surface area contributed by atoms with Crippen LogP contribution in [0.1, 0.15) is 6.42 Å². The van der Waals surface area contributed by atoms with Crippen molar-refractivity contribution in [2.24, 2.45) is 0 Å². The van der Waals surface area contributed by atoms with Crippen molar-refractivity contribution in [1.82, 2.24) is 5.32 Å². The highest BCUT2D eigenvalue weighted by Crippen LogP contribution is 2.22. The van der Waals surface area contributed by atoms with Crippen molar-refractivity contribution in [3.05, 3.63) is 30.3 Å². The number of carbonyl (C=O) groups is 2. The van der Waals surface area contributed by atoms with Crippen molar-refractivity contribution in [1.29, 1.82) is 0 Å². The van der Waals surface area contributed by atoms with Crippen LogP contribution < -0.4 is 10.2 Å². The van der Waals surface area contributed by atoms with Crippen molar-refractivity contribution in [3.63, 3.8) is 0 Å². The van der Waals surface area contributed by atoms with Crippen molar-refractivity contribution in [2.45, 2.75) is 12.5 Å². The lowest BCUT2D eigenvalue weighted by Gasteiger charge is -2.14. The molecule has 0 radical (unpaired) electrons. The Morgan fingerprint density at radius 1 is 1.35 bits per heavy atom. The SMILES string of the molecule is C#CCNC1CC(=O)N(c2ccccc2)C1=O. The zero-order valence-corrected chi connectivity index (χ0v) is 9.22. The van der Waals surface area contributed by atoms with E-state index in [0.717, 1.165) is 0 Å². The van der Waals surface area contributed by atoms with Gasteiger partial charge in [-0.3, -0.25) is 14.9 Å². The number of amides is 2. The third kappa shape index (κ3) is 2.19. The van der Waals surface area contributed by atoms with Gasteiger partial charge in [0.15, 0.2) is 0 Å². The molecule has 86 valence electrons. The van der Waals surface area contributed by atoms with Crippen LogP contribution in [0.5, 0.6) is 0 Å². The summed E-state index contributed by atoms with van der Waals surface area (Å²) in [5, 5.41) is 2.86. The lowest BCUT2D eigenvalue weighted by atomic mass is 10.2. The molecule has 1 saturated heterocycles. The Balaban J connectivity index is 2.18. The number of rotatable bonds is 3. The van der Waals surface area contributed by atoms with Crippen molar-refractivity contribution in [3.8, 4) is 12.3 Å². The predicted octanol–water partition coefficient (Wildman–Crippen LogP) is 0.541. The normalized spacial score (nSPS) is 19.5. The van der Waals surface area contributed by atoms with Gasteiger partial charge in [0, 0.05) is 0 Å². The molecule has 0 aliphatic carbocycles. The molecule has 1 heterocycles. The quantitative estimate of drug-likeness (QED) is 0.607. The predicted molar refractivity (Wildman–Crippen MR) is 64.2 cm³/mol. The lowest BCUT2D eigenvalue weighted by Crippen LogP contribution is -2.38. The van der Waals surface area contributed by atoms with E-state index in [1.54, 1.807) is 24.3 Å². The van der Waals surface area contributed by atoms with Gasteiger partial charge < -0.3 is 0 Å². The first kappa shape index (κ1) is 11.4. The van der Waals surface area contributed by atoms with E-state index in [2.05, 4.69) is 11.2 Å². The van der Waals surface area contributed by atoms with Crippen LogP contribution in [0, 0.1) is 12.3 Å². The molecule has 0 spiro atoms. The van der Waals surface area contributed by atoms with Crippen LogP contribution in [-0.2, 0) is 9.59 Å². The fraction of sp³-hybridized carbons (Fsp3) is 0.231. The number of terminal acetylenes is 1. The summed E-state index contributed by atoms with van der Waals surface area (Å²) in [6.45, 7) is 0.284. The fourth-order valence-corrected chi connectivity index (χ4v) is 1.82. The molecule has 4 heteroatoms. The fourth-order valence-electron chi connectivity index (χ4n) is 1.82. The summed E-state index contributed by atoms with van der Waals surface area (Å²) < 4.78 is 0. The Bertz CT molecular complexity index is 476. The molecule has 1 fully saturated rings. The molecule has 0 aromatic heterocycles. The van der Waals surface area contributed by atoms with Gasteiger partial charge in [0.1, 0.15) is 0 Å². The monoisotopic (exact) mass is 228 g/mol. The number of hydrogen-bond acceptors (Lipinski definition) is 3. The Morgan fingerprint density at radius 3 is 2.71 bits per heavy atom. The molecule has 2 rings (SSSR count). The number of nitrogens with one attached hydrogen (secondary N) is 1. The first-order valence-corrected chi connectivity index (χ1v) is 5.32. The van der Waals surface area contributed by atoms with Gasteiger partial charge in [-0.05, 0) is 12.1 Å². The van der Waals surface area contributed by atoms with Gasteiger partial charge >= 0.3 is 0 Å². The minimum Gasteiger partial charge on any atom is -0.295 e. The summed E-state index contributed by atoms with van der Waals surface area (Å²) in [6, 6.07) is 8.39. The molecule has 1 aliphatic heterocycles. The average Bonchev–Trinajstić information content (AvgIpc) is 2.63. The van der Waals surface area contributed by atoms with E-state index >= 15 is 0 Å². The van der Waals surface area contributed by atoms with E-state index in [1.165, 1.54) is 4.90 Å². The second kappa shape index (κ2) is 4.81. The number of carbonyl (C=O) groups excluding carboxylic acids is 2. The van der Waals surface area contributed by atoms with E-state index in [0.29, 0.717) is 5.69 Å². The van der Waals surface area contributed by atoms with Crippen LogP contribution in [0.3, 0.4) is 0 Å². The minimum atomic E-state index is -0.501. The van der Waals surface area contributed by atoms with E-state index in [-0.39, 0.29) is 24.8 Å². The summed E-state index contributed by atoms with van der Waals surface area (Å²) in [4.78, 5) is 25.0. The summed E-state index contributed by atoms with van der Waals surface area (Å²) in [6.07, 6.45) is 5.27. The molecule has 1 aliphatic rings. The number of imide groups is 1. The summed E-state index contributed by atoms with van der Waals surface area (Å²) >= 11 is 0. The second-order valence-corrected chi connectivity index (χ2v) is 3.74. The first-order valence-electron chi connectivity index (χ1n) is 5.32. The Morgan fingerprint density at radius 2 is 2.06 bits per heavy atom. The van der Waals surface area contributed by atoms with Crippen LogP contribution in [0.2, 0.25) is 0 Å². The highest BCUT2D eigenvalue weighted by atomic mass is 16.2. The van der Waals surface area contributed by atoms with Gasteiger partial charge in [-0.2, -0.15) is 0 Å². The van der Waals surface area contributed by atoms with Crippen LogP contribution in [0.25, 0.3) is 0 Å². The molecule has 4 nitrogen and oxygen atoms in total. The van der Waals surface area contributed by atoms with Gasteiger partial charge in [0.05, 0.1) is 24.7 Å². The molecule has 1 aromatic rings. The van der Waals surface area contributed by atoms with E-state index in [1.807, 2.05) is 6.07 Å². The van der Waals surface area contributed by atoms with Crippen LogP contribution >= 0.6 is 0 Å². The molecule has 0 bridgehead atoms. The molecular formula is C13H12N2O2. The van der Waals surface area contributed by atoms with Gasteiger partial charge in [-0.15, -0.1) is 6.42 Å². The number of hydrogen-bond donors (Lipinski definition) is 1. The molecule has 1 N–H and O–H groups in total. The van der Waals surface area contributed by atoms with Crippen LogP contribution in [-0.4, -0.2) is 24.4 Å². The number of anilines is 1. The average molecular weight is 228 g/mol. The maximum atomic E-state index is 12.0. The topological polar surface area (TPSA) is 49.4 Å². The molecule has 0 saturated carbocycles. The van der Waals surface area contributed by atoms with E-state index in [9.17, 15) is 9.59 Å². The largest absolute Gasteiger partial charge is 0.295 e. The van der Waals surface area contributed by atoms with Gasteiger partial charge in [0.2, 0.25) is 5.91 Å². The van der Waals surface area contributed by atoms with E-state index < -0.39 is 6.04 Å². The minimum absolute atomic E-state index is 0.162. The molecule has 1 unspecified atom stereocenters. The standard InChI is InChI=1S/C13H12N2O2/c1-2-8-14-11-9-12(16)15(13(11)17)10-6-4-3-5-7-10/h1,3-7,11,14H,8-9H2. The van der Waals surface area contributed by atoms with Gasteiger partial charge in [-0.1, -0.05) is 24.1 Å². The lowest BCUT2D eigenvalue weighted by molar-refractivity contribution is -0.121. The maximum absolute atomic E-state index is 12.0. The Labute approximate surface area is 99.6 Å². The first-order chi connectivity index (χ1) is 8.24. The number of benzene rings is 1. The maximum Gasteiger partial charge on any atom is 0.251 e. The van der Waals surface area contributed by atoms with Crippen LogP contribution in [0.4, 0.5) is 5.69 Å². The third-order valence-corrected chi connectivity index (χ3v) is 2.61. The second-order valence-electron chi connectivity index (χ2n) is 3.74. The van der Waals surface area contributed by atoms with Gasteiger partial charge in [0.25, 0.3) is 5.91 Å². The molecule has 2 amide bonds. The summed E-state index contributed by atoms with van der Waals surface area (Å²) in [5.74, 6) is 1.95. The molecule has 17 heavy (non-hydrogen) atoms. The molecule has 1 atom stereocenters. The third-order valence-electron chi connectivity index (χ3n) is 2.61. The summed E-state index contributed by atoms with van der Waals surface area (Å²) in [5.41, 5.74) is 0.604. The Hall–Kier alpha value is -2.12. The van der Waals surface area contributed by atoms with Gasteiger partial charge in [-0.25, -0.2) is 4.90 Å². The number of nitrogens with zero attached hydrogens (tertiary/aromatic N) is 1. The van der Waals surface area contributed by atoms with Crippen LogP contribution in [0.15, 0.2) is 30.3 Å². The van der Waals surface area contributed by atoms with E-state index in [4.69, 9.17) is 6.42 Å². The zero-order valence-electron chi connectivity index (χ0n) is 9.22. The Kier molecular flexibility index (Phi) is 3.22. The van der Waals surface area contributed by atoms with Crippen molar-refractivity contribution < 1.29 is 9.59 Å². The smallest absolute Gasteiger partial charge is 0.251 e. The zero-order chi connectivity index (χ0) is 12.3. The molecule has 1 aromatic carbocycles. The molecular weight excluding hydrogens is 216 g/mol. The highest BCUT2D eigenvalue weighted by molar-refractivity contribution is 6.22. The highest BCUT2D eigenvalue weighted by Gasteiger charge is 2.38. The number of para-hydroxylation sites is 1. The van der Waals surface area contributed by atoms with Crippen molar-refractivity contribution in [2.75, 3.05) is 11.4 Å². The summed E-state index contributed by atoms with van der Waals surface area (Å²) in [7, 11) is 0. The van der Waals surface area contributed by atoms with Crippen molar-refractivity contribution >= 4 is 17.5 Å².